The molecule has 4 atom stereocenters. The number of fused-ring (bicyclic) bond motifs is 1. The monoisotopic (exact) mass is 553 g/mol. The molecule has 40 heavy (non-hydrogen) atoms. The topological polar surface area (TPSA) is 195 Å². The second-order valence-electron chi connectivity index (χ2n) is 10.8. The molecule has 216 valence electrons. The number of benzene rings is 1. The van der Waals surface area contributed by atoms with Crippen LogP contribution in [0, 0.1) is 11.8 Å². The van der Waals surface area contributed by atoms with E-state index in [1.54, 1.807) is 13.8 Å². The number of aliphatic carboxylic acids is 1. The number of carboxylic acid groups (broad SMARTS) is 1. The summed E-state index contributed by atoms with van der Waals surface area (Å²) in [5, 5.41) is 18.5. The molecule has 1 aromatic carbocycles. The van der Waals surface area contributed by atoms with E-state index in [-0.39, 0.29) is 24.7 Å². The van der Waals surface area contributed by atoms with Crippen LogP contribution in [-0.2, 0) is 32.0 Å². The molecule has 2 heterocycles. The van der Waals surface area contributed by atoms with Gasteiger partial charge in [-0.05, 0) is 36.3 Å². The standard InChI is InChI=1S/C28H39N7O5/c1-15(2)9-22(33-25(36)20(29)10-17-12-31-21-8-6-5-7-19(17)21)26(37)34-23(11-18-13-30-14-32-18)27(38)35-24(16(3)4)28(39)40/h5-8,12-16,20,22-24,31H,9-11,29H2,1-4H3,(H,30,32)(H,33,36)(H,34,37)(H,35,38)(H,39,40). The van der Waals surface area contributed by atoms with Crippen molar-refractivity contribution in [3.05, 3.63) is 54.2 Å². The zero-order chi connectivity index (χ0) is 29.4. The number of carboxylic acids is 1. The average Bonchev–Trinajstić information content (AvgIpc) is 3.55. The number of rotatable bonds is 14. The van der Waals surface area contributed by atoms with Gasteiger partial charge in [0.25, 0.3) is 0 Å². The summed E-state index contributed by atoms with van der Waals surface area (Å²) in [6, 6.07) is 3.58. The molecular weight excluding hydrogens is 514 g/mol. The number of nitrogens with one attached hydrogen (secondary N) is 5. The highest BCUT2D eigenvalue weighted by atomic mass is 16.4. The van der Waals surface area contributed by atoms with Gasteiger partial charge in [-0.25, -0.2) is 9.78 Å². The van der Waals surface area contributed by atoms with E-state index in [2.05, 4.69) is 30.9 Å². The number of H-pyrrole nitrogens is 2. The minimum Gasteiger partial charge on any atom is -0.480 e. The zero-order valence-electron chi connectivity index (χ0n) is 23.2. The fourth-order valence-corrected chi connectivity index (χ4v) is 4.48. The number of para-hydroxylation sites is 1. The summed E-state index contributed by atoms with van der Waals surface area (Å²) in [6.45, 7) is 7.17. The Labute approximate surface area is 232 Å². The molecule has 2 aromatic heterocycles. The first-order chi connectivity index (χ1) is 19.0. The van der Waals surface area contributed by atoms with Crippen molar-refractivity contribution in [3.8, 4) is 0 Å². The second-order valence-corrected chi connectivity index (χ2v) is 10.8. The molecule has 0 aliphatic carbocycles. The summed E-state index contributed by atoms with van der Waals surface area (Å²) in [5.74, 6) is -3.24. The van der Waals surface area contributed by atoms with Crippen molar-refractivity contribution in [1.82, 2.24) is 30.9 Å². The van der Waals surface area contributed by atoms with Crippen LogP contribution in [0.3, 0.4) is 0 Å². The van der Waals surface area contributed by atoms with Crippen LogP contribution in [0.25, 0.3) is 10.9 Å². The number of hydrogen-bond donors (Lipinski definition) is 7. The Balaban J connectivity index is 1.73. The highest BCUT2D eigenvalue weighted by Gasteiger charge is 2.32. The highest BCUT2D eigenvalue weighted by molar-refractivity contribution is 5.94. The fourth-order valence-electron chi connectivity index (χ4n) is 4.48. The molecule has 0 saturated heterocycles. The quantitative estimate of drug-likeness (QED) is 0.156. The van der Waals surface area contributed by atoms with Crippen LogP contribution in [0.15, 0.2) is 43.0 Å². The maximum Gasteiger partial charge on any atom is 0.326 e. The van der Waals surface area contributed by atoms with Gasteiger partial charge in [0.05, 0.1) is 12.4 Å². The van der Waals surface area contributed by atoms with Gasteiger partial charge in [-0.3, -0.25) is 14.4 Å². The van der Waals surface area contributed by atoms with Crippen molar-refractivity contribution >= 4 is 34.6 Å². The number of nitrogens with two attached hydrogens (primary N) is 1. The first kappa shape index (κ1) is 30.4. The summed E-state index contributed by atoms with van der Waals surface area (Å²) >= 11 is 0. The molecule has 3 amide bonds. The summed E-state index contributed by atoms with van der Waals surface area (Å²) in [4.78, 5) is 61.3. The van der Waals surface area contributed by atoms with Crippen molar-refractivity contribution in [2.24, 2.45) is 17.6 Å². The highest BCUT2D eigenvalue weighted by Crippen LogP contribution is 2.19. The summed E-state index contributed by atoms with van der Waals surface area (Å²) in [7, 11) is 0. The third-order valence-corrected chi connectivity index (χ3v) is 6.63. The number of carbonyl (C=O) groups is 4. The molecule has 0 aliphatic heterocycles. The second kappa shape index (κ2) is 13.7. The van der Waals surface area contributed by atoms with Gasteiger partial charge < -0.3 is 36.8 Å². The van der Waals surface area contributed by atoms with Gasteiger partial charge in [0.2, 0.25) is 17.7 Å². The number of amides is 3. The van der Waals surface area contributed by atoms with E-state index in [9.17, 15) is 24.3 Å². The molecule has 0 saturated carbocycles. The van der Waals surface area contributed by atoms with Gasteiger partial charge in [0.15, 0.2) is 0 Å². The van der Waals surface area contributed by atoms with Gasteiger partial charge in [0.1, 0.15) is 18.1 Å². The number of nitrogens with zero attached hydrogens (tertiary/aromatic N) is 1. The van der Waals surface area contributed by atoms with E-state index in [0.717, 1.165) is 16.5 Å². The van der Waals surface area contributed by atoms with Crippen LogP contribution in [0.4, 0.5) is 0 Å². The molecule has 0 aliphatic rings. The Hall–Kier alpha value is -4.19. The molecule has 12 nitrogen and oxygen atoms in total. The molecule has 12 heteroatoms. The lowest BCUT2D eigenvalue weighted by molar-refractivity contribution is -0.143. The van der Waals surface area contributed by atoms with E-state index in [0.29, 0.717) is 12.1 Å². The zero-order valence-corrected chi connectivity index (χ0v) is 23.2. The molecule has 4 unspecified atom stereocenters. The van der Waals surface area contributed by atoms with Gasteiger partial charge in [-0.1, -0.05) is 45.9 Å². The number of carbonyl (C=O) groups excluding carboxylic acids is 3. The van der Waals surface area contributed by atoms with Gasteiger partial charge in [-0.15, -0.1) is 0 Å². The summed E-state index contributed by atoms with van der Waals surface area (Å²) in [5.41, 5.74) is 8.64. The Kier molecular flexibility index (Phi) is 10.4. The normalized spacial score (nSPS) is 14.5. The predicted molar refractivity (Wildman–Crippen MR) is 150 cm³/mol. The lowest BCUT2D eigenvalue weighted by Crippen LogP contribution is -2.58. The SMILES string of the molecule is CC(C)CC(NC(=O)C(N)Cc1c[nH]c2ccccc12)C(=O)NC(Cc1cnc[nH]1)C(=O)NC(C(=O)O)C(C)C. The van der Waals surface area contributed by atoms with E-state index in [1.165, 1.54) is 12.5 Å². The minimum atomic E-state index is -1.18. The number of hydrogen-bond acceptors (Lipinski definition) is 6. The number of aromatic nitrogens is 3. The molecule has 3 rings (SSSR count). The maximum absolute atomic E-state index is 13.4. The van der Waals surface area contributed by atoms with Gasteiger partial charge in [-0.2, -0.15) is 0 Å². The van der Waals surface area contributed by atoms with Crippen molar-refractivity contribution in [1.29, 1.82) is 0 Å². The van der Waals surface area contributed by atoms with Crippen LogP contribution in [0.5, 0.6) is 0 Å². The third-order valence-electron chi connectivity index (χ3n) is 6.63. The fraction of sp³-hybridized carbons (Fsp3) is 0.464. The van der Waals surface area contributed by atoms with E-state index < -0.39 is 47.9 Å². The molecule has 8 N–H and O–H groups in total. The largest absolute Gasteiger partial charge is 0.480 e. The van der Waals surface area contributed by atoms with Crippen LogP contribution < -0.4 is 21.7 Å². The van der Waals surface area contributed by atoms with E-state index >= 15 is 0 Å². The van der Waals surface area contributed by atoms with Crippen LogP contribution in [0.1, 0.15) is 45.4 Å². The lowest BCUT2D eigenvalue weighted by Gasteiger charge is -2.26. The number of imidazole rings is 1. The first-order valence-electron chi connectivity index (χ1n) is 13.4. The molecule has 0 fully saturated rings. The third kappa shape index (κ3) is 8.15. The minimum absolute atomic E-state index is 0.0399. The van der Waals surface area contributed by atoms with Gasteiger partial charge in [0, 0.05) is 35.4 Å². The van der Waals surface area contributed by atoms with Crippen LogP contribution in [-0.4, -0.2) is 67.9 Å². The molecule has 0 radical (unpaired) electrons. The first-order valence-corrected chi connectivity index (χ1v) is 13.4. The van der Waals surface area contributed by atoms with Crippen LogP contribution in [0.2, 0.25) is 0 Å². The molecule has 0 bridgehead atoms. The van der Waals surface area contributed by atoms with Crippen molar-refractivity contribution in [3.63, 3.8) is 0 Å². The Morgan fingerprint density at radius 3 is 2.23 bits per heavy atom. The van der Waals surface area contributed by atoms with Crippen molar-refractivity contribution < 1.29 is 24.3 Å². The maximum atomic E-state index is 13.4. The Morgan fingerprint density at radius 1 is 0.925 bits per heavy atom. The van der Waals surface area contributed by atoms with Crippen molar-refractivity contribution in [2.75, 3.05) is 0 Å². The molecule has 3 aromatic rings. The van der Waals surface area contributed by atoms with Crippen LogP contribution >= 0.6 is 0 Å². The van der Waals surface area contributed by atoms with E-state index in [1.807, 2.05) is 44.3 Å². The van der Waals surface area contributed by atoms with E-state index in [4.69, 9.17) is 5.73 Å². The summed E-state index contributed by atoms with van der Waals surface area (Å²) < 4.78 is 0. The smallest absolute Gasteiger partial charge is 0.326 e. The predicted octanol–water partition coefficient (Wildman–Crippen LogP) is 1.24. The Bertz CT molecular complexity index is 1300. The lowest BCUT2D eigenvalue weighted by atomic mass is 10.00. The van der Waals surface area contributed by atoms with Gasteiger partial charge >= 0.3 is 5.97 Å². The molecular formula is C28H39N7O5. The van der Waals surface area contributed by atoms with Crippen molar-refractivity contribution in [2.45, 2.75) is 71.1 Å². The Morgan fingerprint density at radius 2 is 1.60 bits per heavy atom. The summed E-state index contributed by atoms with van der Waals surface area (Å²) in [6.07, 6.45) is 5.39. The average molecular weight is 554 g/mol. The molecule has 0 spiro atoms. The number of aromatic amines is 2.